The topological polar surface area (TPSA) is 57.7 Å². The molecule has 3 rings (SSSR count). The Kier molecular flexibility index (Phi) is 7.30. The second kappa shape index (κ2) is 9.69. The molecular formula is C21H32N2O3S. The van der Waals surface area contributed by atoms with Gasteiger partial charge in [0.25, 0.3) is 0 Å². The fourth-order valence-corrected chi connectivity index (χ4v) is 5.70. The first-order valence-electron chi connectivity index (χ1n) is 10.4. The Balaban J connectivity index is 1.45. The van der Waals surface area contributed by atoms with Gasteiger partial charge in [0.2, 0.25) is 15.9 Å². The fraction of sp³-hybridized carbons (Fsp3) is 0.667. The Hall–Kier alpha value is -1.40. The first-order chi connectivity index (χ1) is 13.1. The van der Waals surface area contributed by atoms with Crippen molar-refractivity contribution in [3.05, 3.63) is 35.9 Å². The molecule has 1 amide bonds. The lowest BCUT2D eigenvalue weighted by Crippen LogP contribution is -2.45. The average molecular weight is 393 g/mol. The van der Waals surface area contributed by atoms with E-state index in [1.807, 2.05) is 35.2 Å². The summed E-state index contributed by atoms with van der Waals surface area (Å²) in [6.07, 6.45) is 7.36. The Morgan fingerprint density at radius 2 is 1.56 bits per heavy atom. The van der Waals surface area contributed by atoms with Crippen LogP contribution < -0.4 is 0 Å². The van der Waals surface area contributed by atoms with Crippen LogP contribution in [-0.4, -0.2) is 55.5 Å². The molecule has 27 heavy (non-hydrogen) atoms. The molecule has 0 saturated carbocycles. The van der Waals surface area contributed by atoms with Crippen LogP contribution in [0.5, 0.6) is 0 Å². The number of nitrogens with zero attached hydrogens (tertiary/aromatic N) is 2. The number of carbonyl (C=O) groups excluding carboxylic acids is 1. The smallest absolute Gasteiger partial charge is 0.225 e. The number of sulfonamides is 1. The van der Waals surface area contributed by atoms with E-state index in [1.54, 1.807) is 4.31 Å². The van der Waals surface area contributed by atoms with E-state index >= 15 is 0 Å². The largest absolute Gasteiger partial charge is 0.342 e. The molecule has 150 valence electrons. The molecule has 2 aliphatic heterocycles. The third-order valence-electron chi connectivity index (χ3n) is 5.82. The van der Waals surface area contributed by atoms with Gasteiger partial charge in [0, 0.05) is 32.1 Å². The number of piperidine rings is 1. The second-order valence-corrected chi connectivity index (χ2v) is 9.91. The summed E-state index contributed by atoms with van der Waals surface area (Å²) in [4.78, 5) is 14.8. The van der Waals surface area contributed by atoms with Crippen molar-refractivity contribution in [1.29, 1.82) is 0 Å². The van der Waals surface area contributed by atoms with Crippen molar-refractivity contribution >= 4 is 15.9 Å². The molecule has 1 aromatic rings. The molecular weight excluding hydrogens is 360 g/mol. The summed E-state index contributed by atoms with van der Waals surface area (Å²) in [5.41, 5.74) is 1.18. The Bertz CT molecular complexity index is 689. The van der Waals surface area contributed by atoms with Gasteiger partial charge in [-0.15, -0.1) is 0 Å². The molecule has 0 aromatic heterocycles. The first-order valence-corrected chi connectivity index (χ1v) is 12.0. The van der Waals surface area contributed by atoms with Crippen molar-refractivity contribution in [3.8, 4) is 0 Å². The molecule has 0 unspecified atom stereocenters. The Labute approximate surface area is 163 Å². The molecule has 0 bridgehead atoms. The number of carbonyl (C=O) groups is 1. The lowest BCUT2D eigenvalue weighted by atomic mass is 9.96. The highest BCUT2D eigenvalue weighted by molar-refractivity contribution is 7.89. The summed E-state index contributed by atoms with van der Waals surface area (Å²) in [5.74, 6) is 0.434. The minimum atomic E-state index is -3.22. The fourth-order valence-electron chi connectivity index (χ4n) is 4.16. The zero-order valence-corrected chi connectivity index (χ0v) is 17.0. The van der Waals surface area contributed by atoms with E-state index in [4.69, 9.17) is 0 Å². The van der Waals surface area contributed by atoms with Gasteiger partial charge in [0.15, 0.2) is 0 Å². The maximum absolute atomic E-state index is 12.7. The van der Waals surface area contributed by atoms with E-state index < -0.39 is 10.0 Å². The highest BCUT2D eigenvalue weighted by atomic mass is 32.2. The maximum Gasteiger partial charge on any atom is 0.225 e. The monoisotopic (exact) mass is 392 g/mol. The number of hydrogen-bond donors (Lipinski definition) is 0. The van der Waals surface area contributed by atoms with Crippen LogP contribution in [0.15, 0.2) is 30.3 Å². The molecule has 0 aliphatic carbocycles. The third-order valence-corrected chi connectivity index (χ3v) is 7.78. The van der Waals surface area contributed by atoms with E-state index in [-0.39, 0.29) is 17.6 Å². The van der Waals surface area contributed by atoms with Crippen LogP contribution in [-0.2, 0) is 21.2 Å². The third kappa shape index (κ3) is 5.79. The molecule has 2 aliphatic rings. The average Bonchev–Trinajstić information content (AvgIpc) is 2.98. The Morgan fingerprint density at radius 1 is 0.926 bits per heavy atom. The quantitative estimate of drug-likeness (QED) is 0.748. The summed E-state index contributed by atoms with van der Waals surface area (Å²) < 4.78 is 26.9. The summed E-state index contributed by atoms with van der Waals surface area (Å²) in [6.45, 7) is 2.71. The van der Waals surface area contributed by atoms with Gasteiger partial charge < -0.3 is 4.90 Å². The highest BCUT2D eigenvalue weighted by Gasteiger charge is 2.32. The number of aryl methyl sites for hydroxylation is 1. The molecule has 0 radical (unpaired) electrons. The van der Waals surface area contributed by atoms with Crippen molar-refractivity contribution < 1.29 is 13.2 Å². The standard InChI is InChI=1S/C21H32N2O3S/c24-21(22-14-6-1-2-7-15-22)20-12-16-23(17-13-20)27(25,26)18-8-11-19-9-4-3-5-10-19/h3-5,9-10,20H,1-2,6-8,11-18H2. The van der Waals surface area contributed by atoms with Gasteiger partial charge in [-0.3, -0.25) is 4.79 Å². The van der Waals surface area contributed by atoms with Crippen LogP contribution in [0.4, 0.5) is 0 Å². The van der Waals surface area contributed by atoms with Gasteiger partial charge in [-0.05, 0) is 44.1 Å². The molecule has 0 atom stereocenters. The van der Waals surface area contributed by atoms with Gasteiger partial charge >= 0.3 is 0 Å². The van der Waals surface area contributed by atoms with Gasteiger partial charge in [-0.25, -0.2) is 12.7 Å². The van der Waals surface area contributed by atoms with Crippen LogP contribution >= 0.6 is 0 Å². The first kappa shape index (κ1) is 20.3. The number of rotatable bonds is 6. The number of likely N-dealkylation sites (tertiary alicyclic amines) is 1. The van der Waals surface area contributed by atoms with Crippen LogP contribution in [0, 0.1) is 5.92 Å². The molecule has 2 fully saturated rings. The van der Waals surface area contributed by atoms with E-state index in [1.165, 1.54) is 18.4 Å². The van der Waals surface area contributed by atoms with Gasteiger partial charge in [0.1, 0.15) is 0 Å². The van der Waals surface area contributed by atoms with Crippen LogP contribution in [0.3, 0.4) is 0 Å². The molecule has 6 heteroatoms. The van der Waals surface area contributed by atoms with Gasteiger partial charge in [-0.2, -0.15) is 0 Å². The zero-order chi connectivity index (χ0) is 19.1. The predicted octanol–water partition coefficient (Wildman–Crippen LogP) is 3.06. The predicted molar refractivity (Wildman–Crippen MR) is 108 cm³/mol. The van der Waals surface area contributed by atoms with Crippen molar-refractivity contribution in [1.82, 2.24) is 9.21 Å². The minimum absolute atomic E-state index is 0.00105. The van der Waals surface area contributed by atoms with Crippen molar-refractivity contribution in [2.24, 2.45) is 5.92 Å². The number of hydrogen-bond acceptors (Lipinski definition) is 3. The van der Waals surface area contributed by atoms with Crippen molar-refractivity contribution in [2.75, 3.05) is 31.9 Å². The number of amides is 1. The Morgan fingerprint density at radius 3 is 2.19 bits per heavy atom. The summed E-state index contributed by atoms with van der Waals surface area (Å²) >= 11 is 0. The molecule has 2 heterocycles. The summed E-state index contributed by atoms with van der Waals surface area (Å²) in [7, 11) is -3.22. The normalized spacial score (nSPS) is 20.4. The second-order valence-electron chi connectivity index (χ2n) is 7.82. The molecule has 2 saturated heterocycles. The van der Waals surface area contributed by atoms with E-state index in [0.29, 0.717) is 32.4 Å². The lowest BCUT2D eigenvalue weighted by molar-refractivity contribution is -0.136. The van der Waals surface area contributed by atoms with Crippen LogP contribution in [0.1, 0.15) is 50.5 Å². The maximum atomic E-state index is 12.7. The van der Waals surface area contributed by atoms with E-state index in [0.717, 1.165) is 32.4 Å². The molecule has 5 nitrogen and oxygen atoms in total. The zero-order valence-electron chi connectivity index (χ0n) is 16.2. The number of benzene rings is 1. The van der Waals surface area contributed by atoms with Crippen molar-refractivity contribution in [2.45, 2.75) is 51.4 Å². The van der Waals surface area contributed by atoms with E-state index in [9.17, 15) is 13.2 Å². The summed E-state index contributed by atoms with van der Waals surface area (Å²) in [6, 6.07) is 10.0. The lowest BCUT2D eigenvalue weighted by Gasteiger charge is -2.33. The van der Waals surface area contributed by atoms with E-state index in [2.05, 4.69) is 0 Å². The molecule has 0 spiro atoms. The van der Waals surface area contributed by atoms with Crippen LogP contribution in [0.25, 0.3) is 0 Å². The SMILES string of the molecule is O=C(C1CCN(S(=O)(=O)CCCc2ccccc2)CC1)N1CCCCCC1. The molecule has 0 N–H and O–H groups in total. The van der Waals surface area contributed by atoms with Crippen LogP contribution in [0.2, 0.25) is 0 Å². The van der Waals surface area contributed by atoms with Gasteiger partial charge in [0.05, 0.1) is 5.75 Å². The molecule has 1 aromatic carbocycles. The van der Waals surface area contributed by atoms with Crippen molar-refractivity contribution in [3.63, 3.8) is 0 Å². The highest BCUT2D eigenvalue weighted by Crippen LogP contribution is 2.24. The minimum Gasteiger partial charge on any atom is -0.342 e. The van der Waals surface area contributed by atoms with Gasteiger partial charge in [-0.1, -0.05) is 43.2 Å². The summed E-state index contributed by atoms with van der Waals surface area (Å²) in [5, 5.41) is 0.